The second-order valence-corrected chi connectivity index (χ2v) is 6.93. The van der Waals surface area contributed by atoms with Gasteiger partial charge in [-0.05, 0) is 13.8 Å². The van der Waals surface area contributed by atoms with Gasteiger partial charge in [0.05, 0.1) is 11.6 Å². The highest BCUT2D eigenvalue weighted by molar-refractivity contribution is 5.87. The maximum Gasteiger partial charge on any atom is 0.163 e. The summed E-state index contributed by atoms with van der Waals surface area (Å²) in [5.74, 6) is 1.03. The van der Waals surface area contributed by atoms with Crippen LogP contribution in [0.15, 0.2) is 12.5 Å². The maximum atomic E-state index is 4.49. The minimum Gasteiger partial charge on any atom is -0.353 e. The summed E-state index contributed by atoms with van der Waals surface area (Å²) in [6, 6.07) is 1.32. The van der Waals surface area contributed by atoms with Gasteiger partial charge < -0.3 is 4.90 Å². The Morgan fingerprint density at radius 2 is 1.83 bits per heavy atom. The van der Waals surface area contributed by atoms with Crippen LogP contribution in [-0.4, -0.2) is 80.9 Å². The van der Waals surface area contributed by atoms with Crippen LogP contribution in [0.25, 0.3) is 11.0 Å². The summed E-state index contributed by atoms with van der Waals surface area (Å²) in [6.45, 7) is 11.4. The lowest BCUT2D eigenvalue weighted by Crippen LogP contribution is -2.63. The number of aryl methyl sites for hydroxylation is 1. The van der Waals surface area contributed by atoms with Crippen molar-refractivity contribution in [3.63, 3.8) is 0 Å². The van der Waals surface area contributed by atoms with Gasteiger partial charge in [-0.25, -0.2) is 9.97 Å². The lowest BCUT2D eigenvalue weighted by Gasteiger charge is -2.49. The summed E-state index contributed by atoms with van der Waals surface area (Å²) in [4.78, 5) is 16.4. The molecule has 4 heterocycles. The molecule has 0 bridgehead atoms. The van der Waals surface area contributed by atoms with Crippen LogP contribution in [0.4, 0.5) is 5.82 Å². The zero-order valence-corrected chi connectivity index (χ0v) is 14.2. The van der Waals surface area contributed by atoms with Crippen molar-refractivity contribution >= 4 is 16.9 Å². The average Bonchev–Trinajstić information content (AvgIpc) is 2.89. The minimum atomic E-state index is 0.658. The zero-order valence-electron chi connectivity index (χ0n) is 14.2. The molecule has 2 aromatic heterocycles. The summed E-state index contributed by atoms with van der Waals surface area (Å²) in [6.07, 6.45) is 3.52. The van der Waals surface area contributed by atoms with Crippen LogP contribution in [0, 0.1) is 0 Å². The van der Waals surface area contributed by atoms with Gasteiger partial charge in [-0.2, -0.15) is 5.10 Å². The summed E-state index contributed by atoms with van der Waals surface area (Å²) in [5, 5.41) is 5.36. The number of anilines is 1. The van der Waals surface area contributed by atoms with Crippen LogP contribution in [0.2, 0.25) is 0 Å². The Kier molecular flexibility index (Phi) is 3.69. The largest absolute Gasteiger partial charge is 0.353 e. The lowest BCUT2D eigenvalue weighted by molar-refractivity contribution is 0.0677. The third kappa shape index (κ3) is 2.57. The fourth-order valence-corrected chi connectivity index (χ4v) is 3.68. The van der Waals surface area contributed by atoms with E-state index in [9.17, 15) is 0 Å². The van der Waals surface area contributed by atoms with Gasteiger partial charge in [0.2, 0.25) is 0 Å². The number of piperazine rings is 1. The molecule has 0 aromatic carbocycles. The number of fused-ring (bicyclic) bond motifs is 1. The van der Waals surface area contributed by atoms with Crippen molar-refractivity contribution in [1.82, 2.24) is 29.5 Å². The highest BCUT2D eigenvalue weighted by Gasteiger charge is 2.35. The second-order valence-electron chi connectivity index (χ2n) is 6.93. The Bertz CT molecular complexity index is 681. The molecule has 0 spiro atoms. The molecule has 0 unspecified atom stereocenters. The molecule has 7 heteroatoms. The molecule has 0 N–H and O–H groups in total. The third-order valence-electron chi connectivity index (χ3n) is 5.27. The first-order valence-electron chi connectivity index (χ1n) is 8.49. The minimum absolute atomic E-state index is 0.658. The molecule has 0 radical (unpaired) electrons. The molecule has 2 aliphatic rings. The number of hydrogen-bond acceptors (Lipinski definition) is 6. The maximum absolute atomic E-state index is 4.49. The molecule has 0 aliphatic carbocycles. The first kappa shape index (κ1) is 14.8. The molecule has 0 amide bonds. The second kappa shape index (κ2) is 5.72. The van der Waals surface area contributed by atoms with Crippen molar-refractivity contribution in [2.75, 3.05) is 44.2 Å². The van der Waals surface area contributed by atoms with E-state index in [4.69, 9.17) is 0 Å². The normalized spacial score (nSPS) is 21.3. The first-order valence-corrected chi connectivity index (χ1v) is 8.49. The van der Waals surface area contributed by atoms with Gasteiger partial charge in [0.25, 0.3) is 0 Å². The summed E-state index contributed by atoms with van der Waals surface area (Å²) in [5.41, 5.74) is 0.906. The van der Waals surface area contributed by atoms with E-state index in [1.165, 1.54) is 26.2 Å². The fraction of sp³-hybridized carbons (Fsp3) is 0.688. The van der Waals surface area contributed by atoms with Crippen LogP contribution in [-0.2, 0) is 7.05 Å². The summed E-state index contributed by atoms with van der Waals surface area (Å²) < 4.78 is 1.81. The van der Waals surface area contributed by atoms with Gasteiger partial charge in [-0.3, -0.25) is 14.5 Å². The molecule has 2 aromatic rings. The van der Waals surface area contributed by atoms with Crippen LogP contribution in [0.3, 0.4) is 0 Å². The first-order chi connectivity index (χ1) is 11.1. The van der Waals surface area contributed by atoms with Crippen LogP contribution in [0.5, 0.6) is 0 Å². The number of aromatic nitrogens is 4. The zero-order chi connectivity index (χ0) is 16.0. The quantitative estimate of drug-likeness (QED) is 0.826. The Labute approximate surface area is 136 Å². The Hall–Kier alpha value is -1.73. The topological polar surface area (TPSA) is 53.3 Å². The van der Waals surface area contributed by atoms with Gasteiger partial charge in [0.1, 0.15) is 12.1 Å². The lowest BCUT2D eigenvalue weighted by atomic mass is 10.1. The monoisotopic (exact) mass is 315 g/mol. The standard InChI is InChI=1S/C16H25N7/c1-12(2)21-4-6-22(7-5-21)13-9-23(10-13)16-14-8-19-20(3)15(14)17-11-18-16/h8,11-13H,4-7,9-10H2,1-3H3. The van der Waals surface area contributed by atoms with Crippen LogP contribution >= 0.6 is 0 Å². The molecular weight excluding hydrogens is 290 g/mol. The van der Waals surface area contributed by atoms with Gasteiger partial charge >= 0.3 is 0 Å². The Morgan fingerprint density at radius 1 is 1.09 bits per heavy atom. The number of rotatable bonds is 3. The van der Waals surface area contributed by atoms with Gasteiger partial charge in [0.15, 0.2) is 5.65 Å². The molecular formula is C16H25N7. The van der Waals surface area contributed by atoms with E-state index in [1.807, 2.05) is 17.9 Å². The van der Waals surface area contributed by atoms with Gasteiger partial charge in [-0.1, -0.05) is 0 Å². The van der Waals surface area contributed by atoms with Crippen molar-refractivity contribution in [3.05, 3.63) is 12.5 Å². The van der Waals surface area contributed by atoms with Crippen molar-refractivity contribution in [3.8, 4) is 0 Å². The van der Waals surface area contributed by atoms with E-state index in [-0.39, 0.29) is 0 Å². The Morgan fingerprint density at radius 3 is 2.52 bits per heavy atom. The predicted molar refractivity (Wildman–Crippen MR) is 90.6 cm³/mol. The van der Waals surface area contributed by atoms with Crippen molar-refractivity contribution in [2.45, 2.75) is 25.9 Å². The van der Waals surface area contributed by atoms with E-state index in [2.05, 4.69) is 43.6 Å². The molecule has 2 aliphatic heterocycles. The van der Waals surface area contributed by atoms with E-state index >= 15 is 0 Å². The smallest absolute Gasteiger partial charge is 0.163 e. The van der Waals surface area contributed by atoms with Gasteiger partial charge in [0, 0.05) is 58.4 Å². The molecule has 4 rings (SSSR count). The Balaban J connectivity index is 1.40. The van der Waals surface area contributed by atoms with Crippen LogP contribution in [0.1, 0.15) is 13.8 Å². The van der Waals surface area contributed by atoms with E-state index < -0.39 is 0 Å². The van der Waals surface area contributed by atoms with Crippen molar-refractivity contribution in [2.24, 2.45) is 7.05 Å². The highest BCUT2D eigenvalue weighted by atomic mass is 15.4. The molecule has 2 fully saturated rings. The summed E-state index contributed by atoms with van der Waals surface area (Å²) in [7, 11) is 1.92. The van der Waals surface area contributed by atoms with Crippen molar-refractivity contribution in [1.29, 1.82) is 0 Å². The molecule has 23 heavy (non-hydrogen) atoms. The predicted octanol–water partition coefficient (Wildman–Crippen LogP) is 0.578. The van der Waals surface area contributed by atoms with E-state index in [0.717, 1.165) is 29.9 Å². The molecule has 0 saturated carbocycles. The van der Waals surface area contributed by atoms with E-state index in [0.29, 0.717) is 12.1 Å². The van der Waals surface area contributed by atoms with Gasteiger partial charge in [-0.15, -0.1) is 0 Å². The van der Waals surface area contributed by atoms with Crippen LogP contribution < -0.4 is 4.90 Å². The SMILES string of the molecule is CC(C)N1CCN(C2CN(c3ncnc4c3cnn4C)C2)CC1. The third-order valence-corrected chi connectivity index (χ3v) is 5.27. The summed E-state index contributed by atoms with van der Waals surface area (Å²) >= 11 is 0. The number of hydrogen-bond donors (Lipinski definition) is 0. The number of nitrogens with zero attached hydrogens (tertiary/aromatic N) is 7. The van der Waals surface area contributed by atoms with E-state index in [1.54, 1.807) is 6.33 Å². The molecule has 2 saturated heterocycles. The average molecular weight is 315 g/mol. The highest BCUT2D eigenvalue weighted by Crippen LogP contribution is 2.28. The molecule has 7 nitrogen and oxygen atoms in total. The fourth-order valence-electron chi connectivity index (χ4n) is 3.68. The molecule has 0 atom stereocenters. The van der Waals surface area contributed by atoms with Crippen molar-refractivity contribution < 1.29 is 0 Å². The molecule has 124 valence electrons.